The summed E-state index contributed by atoms with van der Waals surface area (Å²) in [6.07, 6.45) is 3.21. The Balaban J connectivity index is 2.12. The van der Waals surface area contributed by atoms with Crippen molar-refractivity contribution in [3.8, 4) is 0 Å². The molecule has 0 radical (unpaired) electrons. The van der Waals surface area contributed by atoms with Crippen LogP contribution in [0.1, 0.15) is 12.8 Å². The lowest BCUT2D eigenvalue weighted by molar-refractivity contribution is -0.122. The standard InChI is InChI=1S/C10H13ClN4O/c11-8-4-9(14-6-13-8)15-3-1-2-7(5-15)10(12)16/h4,6-7H,1-3,5H2,(H2,12,16). The van der Waals surface area contributed by atoms with Crippen molar-refractivity contribution < 1.29 is 4.79 Å². The minimum absolute atomic E-state index is 0.0949. The van der Waals surface area contributed by atoms with Gasteiger partial charge in [0, 0.05) is 19.2 Å². The van der Waals surface area contributed by atoms with Crippen LogP contribution < -0.4 is 10.6 Å². The molecule has 0 aromatic carbocycles. The van der Waals surface area contributed by atoms with Gasteiger partial charge in [-0.05, 0) is 12.8 Å². The number of nitrogens with two attached hydrogens (primary N) is 1. The van der Waals surface area contributed by atoms with Crippen molar-refractivity contribution in [2.45, 2.75) is 12.8 Å². The quantitative estimate of drug-likeness (QED) is 0.778. The predicted octanol–water partition coefficient (Wildman–Crippen LogP) is 0.832. The fraction of sp³-hybridized carbons (Fsp3) is 0.500. The molecule has 0 bridgehead atoms. The smallest absolute Gasteiger partial charge is 0.222 e. The highest BCUT2D eigenvalue weighted by Crippen LogP contribution is 2.22. The Morgan fingerprint density at radius 3 is 3.06 bits per heavy atom. The molecule has 1 aliphatic heterocycles. The molecule has 1 saturated heterocycles. The van der Waals surface area contributed by atoms with Crippen LogP contribution in [0.15, 0.2) is 12.4 Å². The van der Waals surface area contributed by atoms with Crippen molar-refractivity contribution in [2.75, 3.05) is 18.0 Å². The molecule has 0 saturated carbocycles. The summed E-state index contributed by atoms with van der Waals surface area (Å²) >= 11 is 5.79. The number of rotatable bonds is 2. The van der Waals surface area contributed by atoms with Gasteiger partial charge in [-0.2, -0.15) is 0 Å². The summed E-state index contributed by atoms with van der Waals surface area (Å²) in [6.45, 7) is 1.49. The maximum atomic E-state index is 11.1. The van der Waals surface area contributed by atoms with Crippen LogP contribution in [0.3, 0.4) is 0 Å². The third kappa shape index (κ3) is 2.41. The normalized spacial score (nSPS) is 20.8. The van der Waals surface area contributed by atoms with E-state index in [1.54, 1.807) is 6.07 Å². The summed E-state index contributed by atoms with van der Waals surface area (Å²) in [5.74, 6) is 0.415. The van der Waals surface area contributed by atoms with E-state index in [1.807, 2.05) is 4.90 Å². The van der Waals surface area contributed by atoms with Gasteiger partial charge in [-0.25, -0.2) is 9.97 Å². The average Bonchev–Trinajstić information content (AvgIpc) is 2.29. The fourth-order valence-electron chi connectivity index (χ4n) is 1.91. The van der Waals surface area contributed by atoms with Crippen molar-refractivity contribution in [1.29, 1.82) is 0 Å². The van der Waals surface area contributed by atoms with Gasteiger partial charge >= 0.3 is 0 Å². The second-order valence-electron chi connectivity index (χ2n) is 3.89. The number of hydrogen-bond acceptors (Lipinski definition) is 4. The Morgan fingerprint density at radius 1 is 1.56 bits per heavy atom. The molecule has 0 spiro atoms. The molecule has 2 rings (SSSR count). The lowest BCUT2D eigenvalue weighted by Crippen LogP contribution is -2.41. The number of carbonyl (C=O) groups excluding carboxylic acids is 1. The molecule has 86 valence electrons. The van der Waals surface area contributed by atoms with Gasteiger partial charge in [-0.1, -0.05) is 11.6 Å². The van der Waals surface area contributed by atoms with E-state index in [0.29, 0.717) is 11.7 Å². The van der Waals surface area contributed by atoms with Crippen molar-refractivity contribution >= 4 is 23.3 Å². The minimum Gasteiger partial charge on any atom is -0.369 e. The van der Waals surface area contributed by atoms with Gasteiger partial charge in [-0.3, -0.25) is 4.79 Å². The molecule has 1 aromatic heterocycles. The van der Waals surface area contributed by atoms with Gasteiger partial charge < -0.3 is 10.6 Å². The zero-order valence-corrected chi connectivity index (χ0v) is 9.52. The van der Waals surface area contributed by atoms with E-state index in [0.717, 1.165) is 25.2 Å². The van der Waals surface area contributed by atoms with Crippen LogP contribution in [0.5, 0.6) is 0 Å². The largest absolute Gasteiger partial charge is 0.369 e. The minimum atomic E-state index is -0.246. The van der Waals surface area contributed by atoms with Crippen LogP contribution in [0.25, 0.3) is 0 Å². The second kappa shape index (κ2) is 4.65. The summed E-state index contributed by atoms with van der Waals surface area (Å²) in [7, 11) is 0. The number of hydrogen-bond donors (Lipinski definition) is 1. The number of aromatic nitrogens is 2. The lowest BCUT2D eigenvalue weighted by atomic mass is 9.97. The molecule has 1 fully saturated rings. The summed E-state index contributed by atoms with van der Waals surface area (Å²) < 4.78 is 0. The van der Waals surface area contributed by atoms with Gasteiger partial charge in [0.05, 0.1) is 5.92 Å². The summed E-state index contributed by atoms with van der Waals surface area (Å²) in [5, 5.41) is 0.409. The number of amides is 1. The van der Waals surface area contributed by atoms with Crippen LogP contribution in [0.2, 0.25) is 5.15 Å². The first kappa shape index (κ1) is 11.1. The van der Waals surface area contributed by atoms with Gasteiger partial charge in [0.2, 0.25) is 5.91 Å². The Kier molecular flexibility index (Phi) is 3.24. The van der Waals surface area contributed by atoms with Gasteiger partial charge in [0.25, 0.3) is 0 Å². The van der Waals surface area contributed by atoms with Crippen LogP contribution >= 0.6 is 11.6 Å². The molecule has 1 amide bonds. The first-order valence-corrected chi connectivity index (χ1v) is 5.56. The first-order valence-electron chi connectivity index (χ1n) is 5.18. The molecule has 2 heterocycles. The van der Waals surface area contributed by atoms with Crippen LogP contribution in [-0.2, 0) is 4.79 Å². The van der Waals surface area contributed by atoms with Crippen LogP contribution in [0.4, 0.5) is 5.82 Å². The zero-order valence-electron chi connectivity index (χ0n) is 8.77. The summed E-state index contributed by atoms with van der Waals surface area (Å²) in [4.78, 5) is 21.1. The monoisotopic (exact) mass is 240 g/mol. The summed E-state index contributed by atoms with van der Waals surface area (Å²) in [5.41, 5.74) is 5.31. The molecule has 6 heteroatoms. The highest BCUT2D eigenvalue weighted by atomic mass is 35.5. The summed E-state index contributed by atoms with van der Waals surface area (Å²) in [6, 6.07) is 1.70. The molecule has 2 N–H and O–H groups in total. The number of anilines is 1. The van der Waals surface area contributed by atoms with E-state index in [2.05, 4.69) is 9.97 Å². The molecule has 1 aliphatic rings. The van der Waals surface area contributed by atoms with Crippen molar-refractivity contribution in [3.63, 3.8) is 0 Å². The van der Waals surface area contributed by atoms with E-state index in [-0.39, 0.29) is 11.8 Å². The Labute approximate surface area is 98.6 Å². The molecule has 5 nitrogen and oxygen atoms in total. The number of halogens is 1. The SMILES string of the molecule is NC(=O)C1CCCN(c2cc(Cl)ncn2)C1. The van der Waals surface area contributed by atoms with Gasteiger partial charge in [0.15, 0.2) is 0 Å². The van der Waals surface area contributed by atoms with E-state index in [9.17, 15) is 4.79 Å². The Morgan fingerprint density at radius 2 is 2.38 bits per heavy atom. The fourth-order valence-corrected chi connectivity index (χ4v) is 2.06. The maximum absolute atomic E-state index is 11.1. The molecular weight excluding hydrogens is 228 g/mol. The number of piperidine rings is 1. The van der Waals surface area contributed by atoms with E-state index in [4.69, 9.17) is 17.3 Å². The number of carbonyl (C=O) groups is 1. The number of primary amides is 1. The van der Waals surface area contributed by atoms with E-state index >= 15 is 0 Å². The first-order chi connectivity index (χ1) is 7.66. The molecule has 1 unspecified atom stereocenters. The van der Waals surface area contributed by atoms with E-state index < -0.39 is 0 Å². The zero-order chi connectivity index (χ0) is 11.5. The molecule has 16 heavy (non-hydrogen) atoms. The molecule has 1 atom stereocenters. The average molecular weight is 241 g/mol. The van der Waals surface area contributed by atoms with Crippen molar-refractivity contribution in [3.05, 3.63) is 17.5 Å². The van der Waals surface area contributed by atoms with Crippen LogP contribution in [0, 0.1) is 5.92 Å². The van der Waals surface area contributed by atoms with Gasteiger partial charge in [0.1, 0.15) is 17.3 Å². The molecule has 0 aliphatic carbocycles. The van der Waals surface area contributed by atoms with Crippen molar-refractivity contribution in [1.82, 2.24) is 9.97 Å². The highest BCUT2D eigenvalue weighted by Gasteiger charge is 2.24. The van der Waals surface area contributed by atoms with Crippen molar-refractivity contribution in [2.24, 2.45) is 11.7 Å². The second-order valence-corrected chi connectivity index (χ2v) is 4.27. The lowest BCUT2D eigenvalue weighted by Gasteiger charge is -2.31. The third-order valence-corrected chi connectivity index (χ3v) is 2.97. The Bertz CT molecular complexity index is 398. The predicted molar refractivity (Wildman–Crippen MR) is 61.2 cm³/mol. The van der Waals surface area contributed by atoms with E-state index in [1.165, 1.54) is 6.33 Å². The number of nitrogens with zero attached hydrogens (tertiary/aromatic N) is 3. The topological polar surface area (TPSA) is 72.1 Å². The third-order valence-electron chi connectivity index (χ3n) is 2.77. The highest BCUT2D eigenvalue weighted by molar-refractivity contribution is 6.29. The molecular formula is C10H13ClN4O. The molecule has 1 aromatic rings. The maximum Gasteiger partial charge on any atom is 0.222 e. The Hall–Kier alpha value is -1.36. The van der Waals surface area contributed by atoms with Crippen LogP contribution in [-0.4, -0.2) is 29.0 Å². The van der Waals surface area contributed by atoms with Gasteiger partial charge in [-0.15, -0.1) is 0 Å².